The summed E-state index contributed by atoms with van der Waals surface area (Å²) in [5.41, 5.74) is 0. The van der Waals surface area contributed by atoms with Gasteiger partial charge in [-0.1, -0.05) is 33.6 Å². The van der Waals surface area contributed by atoms with Crippen molar-refractivity contribution >= 4 is 5.91 Å². The van der Waals surface area contributed by atoms with Gasteiger partial charge in [0.05, 0.1) is 6.04 Å². The van der Waals surface area contributed by atoms with E-state index in [0.717, 1.165) is 32.5 Å². The van der Waals surface area contributed by atoms with Crippen LogP contribution in [0.2, 0.25) is 0 Å². The second-order valence-electron chi connectivity index (χ2n) is 7.15. The molecule has 21 heavy (non-hydrogen) atoms. The quantitative estimate of drug-likeness (QED) is 0.819. The number of carbonyl (C=O) groups is 1. The standard InChI is InChI=1S/C17H32N2O2/c1-12(2)16(18-14-8-10-21-11-9-14)17(20)19-15-7-5-4-6-13(15)3/h12-16,18H,4-11H2,1-3H3,(H,19,20)/t13-,15-,16-/m0/s1. The van der Waals surface area contributed by atoms with Crippen LogP contribution in [0.15, 0.2) is 0 Å². The van der Waals surface area contributed by atoms with Crippen LogP contribution in [0.25, 0.3) is 0 Å². The largest absolute Gasteiger partial charge is 0.381 e. The van der Waals surface area contributed by atoms with Crippen LogP contribution in [0.1, 0.15) is 59.3 Å². The third-order valence-corrected chi connectivity index (χ3v) is 5.02. The first-order valence-electron chi connectivity index (χ1n) is 8.72. The molecular formula is C17H32N2O2. The summed E-state index contributed by atoms with van der Waals surface area (Å²) in [6, 6.07) is 0.701. The molecule has 4 heteroatoms. The highest BCUT2D eigenvalue weighted by atomic mass is 16.5. The lowest BCUT2D eigenvalue weighted by Gasteiger charge is -2.34. The van der Waals surface area contributed by atoms with E-state index in [-0.39, 0.29) is 11.9 Å². The number of rotatable bonds is 5. The maximum Gasteiger partial charge on any atom is 0.237 e. The third-order valence-electron chi connectivity index (χ3n) is 5.02. The Balaban J connectivity index is 1.88. The van der Waals surface area contributed by atoms with Gasteiger partial charge >= 0.3 is 0 Å². The summed E-state index contributed by atoms with van der Waals surface area (Å²) in [7, 11) is 0. The van der Waals surface area contributed by atoms with Gasteiger partial charge in [-0.2, -0.15) is 0 Å². The van der Waals surface area contributed by atoms with Gasteiger partial charge in [0.1, 0.15) is 0 Å². The summed E-state index contributed by atoms with van der Waals surface area (Å²) in [6.45, 7) is 8.13. The zero-order valence-electron chi connectivity index (χ0n) is 13.9. The molecule has 2 fully saturated rings. The minimum atomic E-state index is -0.0813. The predicted molar refractivity (Wildman–Crippen MR) is 85.2 cm³/mol. The lowest BCUT2D eigenvalue weighted by Crippen LogP contribution is -2.55. The van der Waals surface area contributed by atoms with Crippen molar-refractivity contribution in [1.82, 2.24) is 10.6 Å². The molecule has 0 aromatic heterocycles. The molecule has 1 amide bonds. The molecular weight excluding hydrogens is 264 g/mol. The van der Waals surface area contributed by atoms with Gasteiger partial charge in [0.25, 0.3) is 0 Å². The van der Waals surface area contributed by atoms with E-state index in [1.165, 1.54) is 19.3 Å². The summed E-state index contributed by atoms with van der Waals surface area (Å²) in [5, 5.41) is 6.87. The van der Waals surface area contributed by atoms with E-state index >= 15 is 0 Å². The average molecular weight is 296 g/mol. The summed E-state index contributed by atoms with van der Waals surface area (Å²) < 4.78 is 5.40. The zero-order chi connectivity index (χ0) is 15.2. The van der Waals surface area contributed by atoms with Gasteiger partial charge in [-0.3, -0.25) is 4.79 Å². The van der Waals surface area contributed by atoms with Crippen molar-refractivity contribution in [3.05, 3.63) is 0 Å². The second-order valence-corrected chi connectivity index (χ2v) is 7.15. The van der Waals surface area contributed by atoms with E-state index in [2.05, 4.69) is 31.4 Å². The predicted octanol–water partition coefficient (Wildman–Crippen LogP) is 2.47. The maximum absolute atomic E-state index is 12.7. The Labute approximate surface area is 129 Å². The van der Waals surface area contributed by atoms with Crippen LogP contribution in [-0.2, 0) is 9.53 Å². The van der Waals surface area contributed by atoms with Crippen molar-refractivity contribution in [2.75, 3.05) is 13.2 Å². The third kappa shape index (κ3) is 4.96. The van der Waals surface area contributed by atoms with Crippen LogP contribution >= 0.6 is 0 Å². The van der Waals surface area contributed by atoms with Crippen LogP contribution in [0, 0.1) is 11.8 Å². The van der Waals surface area contributed by atoms with Gasteiger partial charge in [-0.25, -0.2) is 0 Å². The van der Waals surface area contributed by atoms with Crippen LogP contribution in [-0.4, -0.2) is 37.2 Å². The highest BCUT2D eigenvalue weighted by Gasteiger charge is 2.29. The molecule has 1 aliphatic carbocycles. The monoisotopic (exact) mass is 296 g/mol. The van der Waals surface area contributed by atoms with E-state index in [9.17, 15) is 4.79 Å². The first kappa shape index (κ1) is 16.8. The lowest BCUT2D eigenvalue weighted by atomic mass is 9.85. The van der Waals surface area contributed by atoms with Crippen molar-refractivity contribution in [1.29, 1.82) is 0 Å². The smallest absolute Gasteiger partial charge is 0.237 e. The van der Waals surface area contributed by atoms with Crippen molar-refractivity contribution in [2.45, 2.75) is 77.4 Å². The van der Waals surface area contributed by atoms with Crippen molar-refractivity contribution in [2.24, 2.45) is 11.8 Å². The molecule has 2 N–H and O–H groups in total. The molecule has 0 spiro atoms. The van der Waals surface area contributed by atoms with E-state index < -0.39 is 0 Å². The summed E-state index contributed by atoms with van der Waals surface area (Å²) in [6.07, 6.45) is 6.95. The fraction of sp³-hybridized carbons (Fsp3) is 0.941. The molecule has 0 bridgehead atoms. The molecule has 3 atom stereocenters. The fourth-order valence-electron chi connectivity index (χ4n) is 3.49. The molecule has 1 aliphatic heterocycles. The summed E-state index contributed by atoms with van der Waals surface area (Å²) >= 11 is 0. The second kappa shape index (κ2) is 8.14. The van der Waals surface area contributed by atoms with E-state index in [0.29, 0.717) is 23.9 Å². The Morgan fingerprint density at radius 2 is 1.76 bits per heavy atom. The minimum Gasteiger partial charge on any atom is -0.381 e. The average Bonchev–Trinajstić information content (AvgIpc) is 2.48. The highest BCUT2D eigenvalue weighted by molar-refractivity contribution is 5.82. The topological polar surface area (TPSA) is 50.4 Å². The van der Waals surface area contributed by atoms with Crippen molar-refractivity contribution in [3.63, 3.8) is 0 Å². The highest BCUT2D eigenvalue weighted by Crippen LogP contribution is 2.24. The molecule has 1 heterocycles. The summed E-state index contributed by atoms with van der Waals surface area (Å²) in [4.78, 5) is 12.7. The Bertz CT molecular complexity index is 327. The number of nitrogens with one attached hydrogen (secondary N) is 2. The summed E-state index contributed by atoms with van der Waals surface area (Å²) in [5.74, 6) is 1.11. The first-order chi connectivity index (χ1) is 10.1. The number of ether oxygens (including phenoxy) is 1. The maximum atomic E-state index is 12.7. The zero-order valence-corrected chi connectivity index (χ0v) is 13.9. The van der Waals surface area contributed by atoms with Gasteiger partial charge in [0, 0.05) is 25.3 Å². The number of amides is 1. The van der Waals surface area contributed by atoms with Crippen LogP contribution in [0.5, 0.6) is 0 Å². The van der Waals surface area contributed by atoms with Gasteiger partial charge in [-0.15, -0.1) is 0 Å². The normalized spacial score (nSPS) is 29.3. The first-order valence-corrected chi connectivity index (χ1v) is 8.72. The number of hydrogen-bond donors (Lipinski definition) is 2. The molecule has 1 saturated carbocycles. The minimum absolute atomic E-state index is 0.0813. The van der Waals surface area contributed by atoms with E-state index in [1.54, 1.807) is 0 Å². The molecule has 0 unspecified atom stereocenters. The van der Waals surface area contributed by atoms with Gasteiger partial charge in [-0.05, 0) is 37.5 Å². The molecule has 2 rings (SSSR count). The van der Waals surface area contributed by atoms with Crippen LogP contribution in [0.3, 0.4) is 0 Å². The molecule has 122 valence electrons. The molecule has 0 aromatic carbocycles. The Morgan fingerprint density at radius 1 is 1.10 bits per heavy atom. The SMILES string of the molecule is CC(C)[C@H](NC1CCOCC1)C(=O)N[C@H]1CCCC[C@@H]1C. The molecule has 2 aliphatic rings. The van der Waals surface area contributed by atoms with Crippen molar-refractivity contribution < 1.29 is 9.53 Å². The molecule has 0 aromatic rings. The molecule has 4 nitrogen and oxygen atoms in total. The number of hydrogen-bond acceptors (Lipinski definition) is 3. The number of carbonyl (C=O) groups excluding carboxylic acids is 1. The Hall–Kier alpha value is -0.610. The van der Waals surface area contributed by atoms with E-state index in [1.807, 2.05) is 0 Å². The molecule has 0 radical (unpaired) electrons. The fourth-order valence-corrected chi connectivity index (χ4v) is 3.49. The van der Waals surface area contributed by atoms with Gasteiger partial charge in [0.2, 0.25) is 5.91 Å². The Kier molecular flexibility index (Phi) is 6.49. The van der Waals surface area contributed by atoms with Crippen molar-refractivity contribution in [3.8, 4) is 0 Å². The van der Waals surface area contributed by atoms with E-state index in [4.69, 9.17) is 4.74 Å². The Morgan fingerprint density at radius 3 is 2.38 bits per heavy atom. The molecule has 1 saturated heterocycles. The van der Waals surface area contributed by atoms with Crippen LogP contribution in [0.4, 0.5) is 0 Å². The lowest BCUT2D eigenvalue weighted by molar-refractivity contribution is -0.126. The van der Waals surface area contributed by atoms with Gasteiger partial charge in [0.15, 0.2) is 0 Å². The van der Waals surface area contributed by atoms with Gasteiger partial charge < -0.3 is 15.4 Å². The van der Waals surface area contributed by atoms with Crippen LogP contribution < -0.4 is 10.6 Å².